The van der Waals surface area contributed by atoms with Gasteiger partial charge in [0.05, 0.1) is 5.69 Å². The number of nitrogens with one attached hydrogen (secondary N) is 1. The second kappa shape index (κ2) is 6.93. The van der Waals surface area contributed by atoms with Crippen LogP contribution in [-0.4, -0.2) is 29.0 Å². The molecule has 118 valence electrons. The van der Waals surface area contributed by atoms with E-state index in [1.54, 1.807) is 0 Å². The maximum atomic E-state index is 5.48. The van der Waals surface area contributed by atoms with Gasteiger partial charge in [0.2, 0.25) is 0 Å². The molecule has 0 radical (unpaired) electrons. The molecule has 1 aliphatic carbocycles. The number of ether oxygens (including phenoxy) is 1. The van der Waals surface area contributed by atoms with Crippen LogP contribution in [0.15, 0.2) is 0 Å². The van der Waals surface area contributed by atoms with Crippen LogP contribution in [0.4, 0.5) is 0 Å². The lowest BCUT2D eigenvalue weighted by Gasteiger charge is -2.22. The molecule has 4 heteroatoms. The SMILES string of the molecule is CCc1nn(CC2CCOCC2)c(CC)c1CNC1CC1. The summed E-state index contributed by atoms with van der Waals surface area (Å²) >= 11 is 0. The van der Waals surface area contributed by atoms with Gasteiger partial charge in [0.1, 0.15) is 0 Å². The number of nitrogens with zero attached hydrogens (tertiary/aromatic N) is 2. The first-order valence-corrected chi connectivity index (χ1v) is 8.70. The van der Waals surface area contributed by atoms with Crippen molar-refractivity contribution in [2.45, 2.75) is 71.5 Å². The van der Waals surface area contributed by atoms with E-state index in [0.717, 1.165) is 51.1 Å². The maximum absolute atomic E-state index is 5.48. The molecule has 0 unspecified atom stereocenters. The molecule has 0 atom stereocenters. The predicted molar refractivity (Wildman–Crippen MR) is 84.4 cm³/mol. The van der Waals surface area contributed by atoms with E-state index in [0.29, 0.717) is 0 Å². The van der Waals surface area contributed by atoms with E-state index in [-0.39, 0.29) is 0 Å². The second-order valence-corrected chi connectivity index (χ2v) is 6.47. The van der Waals surface area contributed by atoms with Crippen LogP contribution < -0.4 is 5.32 Å². The van der Waals surface area contributed by atoms with Gasteiger partial charge in [-0.25, -0.2) is 0 Å². The Kier molecular flexibility index (Phi) is 4.96. The largest absolute Gasteiger partial charge is 0.381 e. The molecular weight excluding hydrogens is 262 g/mol. The predicted octanol–water partition coefficient (Wildman–Crippen LogP) is 2.69. The first kappa shape index (κ1) is 15.0. The molecule has 1 saturated heterocycles. The summed E-state index contributed by atoms with van der Waals surface area (Å²) in [4.78, 5) is 0. The van der Waals surface area contributed by atoms with Crippen molar-refractivity contribution in [2.75, 3.05) is 13.2 Å². The lowest BCUT2D eigenvalue weighted by atomic mass is 10.0. The Labute approximate surface area is 128 Å². The fourth-order valence-corrected chi connectivity index (χ4v) is 3.33. The minimum absolute atomic E-state index is 0.734. The zero-order valence-corrected chi connectivity index (χ0v) is 13.5. The Morgan fingerprint density at radius 3 is 2.52 bits per heavy atom. The summed E-state index contributed by atoms with van der Waals surface area (Å²) in [6, 6.07) is 0.762. The van der Waals surface area contributed by atoms with Crippen molar-refractivity contribution in [3.63, 3.8) is 0 Å². The van der Waals surface area contributed by atoms with Gasteiger partial charge in [-0.1, -0.05) is 13.8 Å². The molecule has 4 nitrogen and oxygen atoms in total. The van der Waals surface area contributed by atoms with Crippen LogP contribution in [0.1, 0.15) is 56.5 Å². The third kappa shape index (κ3) is 3.67. The Morgan fingerprint density at radius 2 is 1.90 bits per heavy atom. The normalized spacial score (nSPS) is 20.1. The van der Waals surface area contributed by atoms with Crippen LogP contribution in [-0.2, 0) is 30.7 Å². The van der Waals surface area contributed by atoms with Crippen LogP contribution >= 0.6 is 0 Å². The molecule has 1 aromatic rings. The number of hydrogen-bond donors (Lipinski definition) is 1. The standard InChI is InChI=1S/C17H29N3O/c1-3-16-15(11-18-14-5-6-14)17(4-2)20(19-16)12-13-7-9-21-10-8-13/h13-14,18H,3-12H2,1-2H3. The van der Waals surface area contributed by atoms with E-state index in [9.17, 15) is 0 Å². The maximum Gasteiger partial charge on any atom is 0.0669 e. The van der Waals surface area contributed by atoms with Crippen molar-refractivity contribution in [1.82, 2.24) is 15.1 Å². The van der Waals surface area contributed by atoms with Gasteiger partial charge in [-0.3, -0.25) is 4.68 Å². The molecule has 0 spiro atoms. The lowest BCUT2D eigenvalue weighted by molar-refractivity contribution is 0.0598. The summed E-state index contributed by atoms with van der Waals surface area (Å²) in [7, 11) is 0. The topological polar surface area (TPSA) is 39.1 Å². The summed E-state index contributed by atoms with van der Waals surface area (Å²) in [5, 5.41) is 8.59. The molecule has 0 amide bonds. The first-order chi connectivity index (χ1) is 10.3. The molecule has 1 N–H and O–H groups in total. The molecular formula is C17H29N3O. The van der Waals surface area contributed by atoms with Crippen molar-refractivity contribution in [3.8, 4) is 0 Å². The fraction of sp³-hybridized carbons (Fsp3) is 0.824. The minimum atomic E-state index is 0.734. The minimum Gasteiger partial charge on any atom is -0.381 e. The molecule has 0 bridgehead atoms. The van der Waals surface area contributed by atoms with Crippen molar-refractivity contribution in [2.24, 2.45) is 5.92 Å². The number of aryl methyl sites for hydroxylation is 1. The average Bonchev–Trinajstić information content (AvgIpc) is 3.28. The highest BCUT2D eigenvalue weighted by Crippen LogP contribution is 2.24. The van der Waals surface area contributed by atoms with Crippen LogP contribution in [0.2, 0.25) is 0 Å². The van der Waals surface area contributed by atoms with Gasteiger partial charge in [-0.05, 0) is 44.4 Å². The molecule has 2 fully saturated rings. The van der Waals surface area contributed by atoms with Crippen LogP contribution in [0.3, 0.4) is 0 Å². The summed E-state index contributed by atoms with van der Waals surface area (Å²) in [6.07, 6.45) is 7.17. The zero-order chi connectivity index (χ0) is 14.7. The Hall–Kier alpha value is -0.870. The Morgan fingerprint density at radius 1 is 1.14 bits per heavy atom. The van der Waals surface area contributed by atoms with E-state index in [1.165, 1.54) is 42.6 Å². The molecule has 0 aromatic carbocycles. The Balaban J connectivity index is 1.74. The van der Waals surface area contributed by atoms with Gasteiger partial charge in [0, 0.05) is 43.6 Å². The number of aromatic nitrogens is 2. The highest BCUT2D eigenvalue weighted by atomic mass is 16.5. The van der Waals surface area contributed by atoms with Crippen molar-refractivity contribution in [1.29, 1.82) is 0 Å². The van der Waals surface area contributed by atoms with Crippen molar-refractivity contribution < 1.29 is 4.74 Å². The van der Waals surface area contributed by atoms with Crippen LogP contribution in [0.25, 0.3) is 0 Å². The van der Waals surface area contributed by atoms with Gasteiger partial charge >= 0.3 is 0 Å². The summed E-state index contributed by atoms with van der Waals surface area (Å²) in [5.41, 5.74) is 4.22. The molecule has 1 saturated carbocycles. The quantitative estimate of drug-likeness (QED) is 0.839. The van der Waals surface area contributed by atoms with Gasteiger partial charge in [-0.2, -0.15) is 5.10 Å². The first-order valence-electron chi connectivity index (χ1n) is 8.70. The molecule has 1 aromatic heterocycles. The summed E-state index contributed by atoms with van der Waals surface area (Å²) < 4.78 is 7.78. The second-order valence-electron chi connectivity index (χ2n) is 6.47. The molecule has 2 aliphatic rings. The monoisotopic (exact) mass is 291 g/mol. The summed E-state index contributed by atoms with van der Waals surface area (Å²) in [6.45, 7) is 8.40. The van der Waals surface area contributed by atoms with E-state index < -0.39 is 0 Å². The average molecular weight is 291 g/mol. The van der Waals surface area contributed by atoms with Gasteiger partial charge < -0.3 is 10.1 Å². The number of rotatable bonds is 7. The van der Waals surface area contributed by atoms with E-state index in [1.807, 2.05) is 0 Å². The molecule has 2 heterocycles. The molecule has 1 aliphatic heterocycles. The van der Waals surface area contributed by atoms with E-state index in [4.69, 9.17) is 9.84 Å². The number of hydrogen-bond acceptors (Lipinski definition) is 3. The van der Waals surface area contributed by atoms with Gasteiger partial charge in [0.25, 0.3) is 0 Å². The fourth-order valence-electron chi connectivity index (χ4n) is 3.33. The molecule has 21 heavy (non-hydrogen) atoms. The van der Waals surface area contributed by atoms with Crippen molar-refractivity contribution >= 4 is 0 Å². The van der Waals surface area contributed by atoms with E-state index >= 15 is 0 Å². The summed E-state index contributed by atoms with van der Waals surface area (Å²) in [5.74, 6) is 0.734. The third-order valence-corrected chi connectivity index (χ3v) is 4.84. The molecule has 3 rings (SSSR count). The van der Waals surface area contributed by atoms with Gasteiger partial charge in [0.15, 0.2) is 0 Å². The highest BCUT2D eigenvalue weighted by molar-refractivity contribution is 5.27. The third-order valence-electron chi connectivity index (χ3n) is 4.84. The van der Waals surface area contributed by atoms with Crippen LogP contribution in [0, 0.1) is 5.92 Å². The smallest absolute Gasteiger partial charge is 0.0669 e. The Bertz CT molecular complexity index is 459. The van der Waals surface area contributed by atoms with Crippen molar-refractivity contribution in [3.05, 3.63) is 17.0 Å². The lowest BCUT2D eigenvalue weighted by Crippen LogP contribution is -2.22. The van der Waals surface area contributed by atoms with E-state index in [2.05, 4.69) is 23.8 Å². The van der Waals surface area contributed by atoms with Gasteiger partial charge in [-0.15, -0.1) is 0 Å². The zero-order valence-electron chi connectivity index (χ0n) is 13.5. The highest BCUT2D eigenvalue weighted by Gasteiger charge is 2.23. The van der Waals surface area contributed by atoms with Crippen LogP contribution in [0.5, 0.6) is 0 Å².